The Morgan fingerprint density at radius 1 is 1.69 bits per heavy atom. The van der Waals surface area contributed by atoms with E-state index in [9.17, 15) is 9.90 Å². The van der Waals surface area contributed by atoms with E-state index < -0.39 is 0 Å². The van der Waals surface area contributed by atoms with Crippen molar-refractivity contribution in [2.75, 3.05) is 11.9 Å². The van der Waals surface area contributed by atoms with Gasteiger partial charge < -0.3 is 15.7 Å². The van der Waals surface area contributed by atoms with Crippen LogP contribution in [0.2, 0.25) is 0 Å². The highest BCUT2D eigenvalue weighted by molar-refractivity contribution is 5.91. The Kier molecular flexibility index (Phi) is 3.36. The summed E-state index contributed by atoms with van der Waals surface area (Å²) in [5.41, 5.74) is 0. The Morgan fingerprint density at radius 2 is 2.56 bits per heavy atom. The van der Waals surface area contributed by atoms with E-state index in [1.165, 1.54) is 12.3 Å². The van der Waals surface area contributed by atoms with E-state index >= 15 is 0 Å². The number of anilines is 1. The molecule has 1 atom stereocenters. The zero-order valence-electron chi connectivity index (χ0n) is 8.94. The first-order valence-corrected chi connectivity index (χ1v) is 5.43. The monoisotopic (exact) mass is 221 g/mol. The second kappa shape index (κ2) is 4.94. The number of aromatic hydroxyl groups is 1. The second-order valence-electron chi connectivity index (χ2n) is 3.92. The summed E-state index contributed by atoms with van der Waals surface area (Å²) < 4.78 is 0. The van der Waals surface area contributed by atoms with Crippen molar-refractivity contribution in [3.05, 3.63) is 18.3 Å². The highest BCUT2D eigenvalue weighted by Gasteiger charge is 2.18. The lowest BCUT2D eigenvalue weighted by Gasteiger charge is -2.10. The number of carbonyl (C=O) groups excluding carboxylic acids is 1. The molecule has 0 aromatic carbocycles. The van der Waals surface area contributed by atoms with Crippen LogP contribution in [0.4, 0.5) is 5.82 Å². The van der Waals surface area contributed by atoms with E-state index in [0.717, 1.165) is 19.4 Å². The van der Waals surface area contributed by atoms with Crippen molar-refractivity contribution in [3.8, 4) is 5.75 Å². The van der Waals surface area contributed by atoms with Crippen LogP contribution in [0.25, 0.3) is 0 Å². The minimum Gasteiger partial charge on any atom is -0.504 e. The summed E-state index contributed by atoms with van der Waals surface area (Å²) in [5, 5.41) is 15.3. The summed E-state index contributed by atoms with van der Waals surface area (Å²) in [5.74, 6) is 0.106. The van der Waals surface area contributed by atoms with Gasteiger partial charge in [-0.1, -0.05) is 0 Å². The molecule has 1 aromatic heterocycles. The molecule has 1 saturated heterocycles. The molecule has 5 heteroatoms. The molecule has 1 unspecified atom stereocenters. The summed E-state index contributed by atoms with van der Waals surface area (Å²) in [6, 6.07) is 3.37. The van der Waals surface area contributed by atoms with Crippen molar-refractivity contribution in [1.82, 2.24) is 10.3 Å². The molecule has 2 rings (SSSR count). The first kappa shape index (κ1) is 10.9. The third-order valence-corrected chi connectivity index (χ3v) is 2.64. The fourth-order valence-electron chi connectivity index (χ4n) is 1.83. The Morgan fingerprint density at radius 3 is 3.25 bits per heavy atom. The van der Waals surface area contributed by atoms with E-state index in [2.05, 4.69) is 15.6 Å². The van der Waals surface area contributed by atoms with E-state index in [-0.39, 0.29) is 23.5 Å². The third-order valence-electron chi connectivity index (χ3n) is 2.64. The number of hydrogen-bond donors (Lipinski definition) is 3. The molecule has 86 valence electrons. The van der Waals surface area contributed by atoms with Gasteiger partial charge in [0.05, 0.1) is 0 Å². The van der Waals surface area contributed by atoms with Crippen LogP contribution in [-0.4, -0.2) is 28.6 Å². The van der Waals surface area contributed by atoms with Crippen LogP contribution < -0.4 is 10.6 Å². The van der Waals surface area contributed by atoms with Gasteiger partial charge in [-0.15, -0.1) is 0 Å². The fourth-order valence-corrected chi connectivity index (χ4v) is 1.83. The van der Waals surface area contributed by atoms with Crippen LogP contribution >= 0.6 is 0 Å². The maximum atomic E-state index is 11.6. The molecule has 5 nitrogen and oxygen atoms in total. The molecule has 1 fully saturated rings. The largest absolute Gasteiger partial charge is 0.504 e. The van der Waals surface area contributed by atoms with E-state index in [1.54, 1.807) is 6.07 Å². The first-order valence-electron chi connectivity index (χ1n) is 5.43. The summed E-state index contributed by atoms with van der Waals surface area (Å²) in [4.78, 5) is 15.5. The van der Waals surface area contributed by atoms with Gasteiger partial charge in [0.25, 0.3) is 0 Å². The molecule has 1 aliphatic rings. The SMILES string of the molecule is O=C(CC1CCCN1)Nc1ncccc1O. The molecular formula is C11H15N3O2. The van der Waals surface area contributed by atoms with Crippen LogP contribution in [0.1, 0.15) is 19.3 Å². The molecule has 1 aliphatic heterocycles. The van der Waals surface area contributed by atoms with Crippen molar-refractivity contribution in [2.45, 2.75) is 25.3 Å². The number of amides is 1. The van der Waals surface area contributed by atoms with Gasteiger partial charge in [-0.05, 0) is 31.5 Å². The lowest BCUT2D eigenvalue weighted by Crippen LogP contribution is -2.27. The zero-order valence-corrected chi connectivity index (χ0v) is 8.94. The van der Waals surface area contributed by atoms with Gasteiger partial charge in [-0.25, -0.2) is 4.98 Å². The summed E-state index contributed by atoms with van der Waals surface area (Å²) in [6.45, 7) is 0.979. The van der Waals surface area contributed by atoms with Gasteiger partial charge in [0.1, 0.15) is 0 Å². The second-order valence-corrected chi connectivity index (χ2v) is 3.92. The first-order chi connectivity index (χ1) is 7.75. The quantitative estimate of drug-likeness (QED) is 0.708. The predicted octanol–water partition coefficient (Wildman–Crippen LogP) is 0.868. The summed E-state index contributed by atoms with van der Waals surface area (Å²) in [7, 11) is 0. The molecule has 1 aromatic rings. The van der Waals surface area contributed by atoms with E-state index in [1.807, 2.05) is 0 Å². The molecule has 0 aliphatic carbocycles. The van der Waals surface area contributed by atoms with Gasteiger partial charge in [-0.2, -0.15) is 0 Å². The number of aromatic nitrogens is 1. The minimum absolute atomic E-state index is 0.00442. The Labute approximate surface area is 93.9 Å². The average molecular weight is 221 g/mol. The van der Waals surface area contributed by atoms with E-state index in [0.29, 0.717) is 6.42 Å². The van der Waals surface area contributed by atoms with Crippen LogP contribution in [0.15, 0.2) is 18.3 Å². The maximum absolute atomic E-state index is 11.6. The molecule has 1 amide bonds. The van der Waals surface area contributed by atoms with Gasteiger partial charge in [-0.3, -0.25) is 4.79 Å². The number of nitrogens with one attached hydrogen (secondary N) is 2. The lowest BCUT2D eigenvalue weighted by atomic mass is 10.1. The van der Waals surface area contributed by atoms with Crippen LogP contribution in [0, 0.1) is 0 Å². The molecular weight excluding hydrogens is 206 g/mol. The number of carbonyl (C=O) groups is 1. The number of hydrogen-bond acceptors (Lipinski definition) is 4. The van der Waals surface area contributed by atoms with Crippen molar-refractivity contribution >= 4 is 11.7 Å². The highest BCUT2D eigenvalue weighted by Crippen LogP contribution is 2.19. The van der Waals surface area contributed by atoms with Gasteiger partial charge in [0.15, 0.2) is 11.6 Å². The van der Waals surface area contributed by atoms with Crippen molar-refractivity contribution < 1.29 is 9.90 Å². The molecule has 0 spiro atoms. The van der Waals surface area contributed by atoms with Crippen molar-refractivity contribution in [1.29, 1.82) is 0 Å². The molecule has 2 heterocycles. The highest BCUT2D eigenvalue weighted by atomic mass is 16.3. The predicted molar refractivity (Wildman–Crippen MR) is 60.2 cm³/mol. The Balaban J connectivity index is 1.89. The smallest absolute Gasteiger partial charge is 0.227 e. The minimum atomic E-state index is -0.117. The molecule has 0 bridgehead atoms. The van der Waals surface area contributed by atoms with Crippen LogP contribution in [-0.2, 0) is 4.79 Å². The van der Waals surface area contributed by atoms with Crippen LogP contribution in [0.5, 0.6) is 5.75 Å². The van der Waals surface area contributed by atoms with Gasteiger partial charge in [0.2, 0.25) is 5.91 Å². The fraction of sp³-hybridized carbons (Fsp3) is 0.455. The van der Waals surface area contributed by atoms with E-state index in [4.69, 9.17) is 0 Å². The number of nitrogens with zero attached hydrogens (tertiary/aromatic N) is 1. The average Bonchev–Trinajstić information content (AvgIpc) is 2.74. The van der Waals surface area contributed by atoms with Crippen molar-refractivity contribution in [2.24, 2.45) is 0 Å². The Bertz CT molecular complexity index is 375. The topological polar surface area (TPSA) is 74.2 Å². The standard InChI is InChI=1S/C11H15N3O2/c15-9-4-2-6-13-11(9)14-10(16)7-8-3-1-5-12-8/h2,4,6,8,12,15H,1,3,5,7H2,(H,13,14,16). The summed E-state index contributed by atoms with van der Waals surface area (Å²) >= 11 is 0. The Hall–Kier alpha value is -1.62. The lowest BCUT2D eigenvalue weighted by molar-refractivity contribution is -0.116. The molecule has 0 radical (unpaired) electrons. The molecule has 16 heavy (non-hydrogen) atoms. The molecule has 0 saturated carbocycles. The van der Waals surface area contributed by atoms with Gasteiger partial charge >= 0.3 is 0 Å². The number of rotatable bonds is 3. The maximum Gasteiger partial charge on any atom is 0.227 e. The van der Waals surface area contributed by atoms with Gasteiger partial charge in [0, 0.05) is 18.7 Å². The summed E-state index contributed by atoms with van der Waals surface area (Å²) in [6.07, 6.45) is 4.10. The third kappa shape index (κ3) is 2.70. The normalized spacial score (nSPS) is 19.6. The molecule has 3 N–H and O–H groups in total. The zero-order chi connectivity index (χ0) is 11.4. The van der Waals surface area contributed by atoms with Crippen LogP contribution in [0.3, 0.4) is 0 Å². The number of pyridine rings is 1. The van der Waals surface area contributed by atoms with Crippen molar-refractivity contribution in [3.63, 3.8) is 0 Å².